The second kappa shape index (κ2) is 9.26. The number of likely N-dealkylation sites (N-methyl/N-ethyl adjacent to an activating group) is 1. The fourth-order valence-electron chi connectivity index (χ4n) is 3.77. The zero-order valence-electron chi connectivity index (χ0n) is 17.6. The van der Waals surface area contributed by atoms with Gasteiger partial charge < -0.3 is 15.0 Å². The van der Waals surface area contributed by atoms with Crippen molar-refractivity contribution in [2.75, 3.05) is 18.6 Å². The second-order valence-corrected chi connectivity index (χ2v) is 7.63. The Morgan fingerprint density at radius 2 is 2.03 bits per heavy atom. The third-order valence-electron chi connectivity index (χ3n) is 5.41. The number of carbonyl (C=O) groups excluding carboxylic acids is 2. The fourth-order valence-corrected chi connectivity index (χ4v) is 3.77. The molecule has 2 N–H and O–H groups in total. The molecule has 0 radical (unpaired) electrons. The first-order chi connectivity index (χ1) is 16.0. The molecule has 0 aliphatic carbocycles. The number of amides is 2. The number of rotatable bonds is 4. The number of hydrogen-bond donors (Lipinski definition) is 2. The van der Waals surface area contributed by atoms with Crippen LogP contribution >= 0.6 is 0 Å². The molecule has 0 fully saturated rings. The van der Waals surface area contributed by atoms with E-state index in [2.05, 4.69) is 25.5 Å². The molecule has 2 aromatic carbocycles. The number of fused-ring (bicyclic) bond motifs is 3. The van der Waals surface area contributed by atoms with Crippen LogP contribution < -0.4 is 15.0 Å². The van der Waals surface area contributed by atoms with E-state index in [9.17, 15) is 14.0 Å². The molecule has 3 heterocycles. The Bertz CT molecular complexity index is 1350. The molecule has 2 amide bonds. The van der Waals surface area contributed by atoms with Gasteiger partial charge in [0.15, 0.2) is 0 Å². The summed E-state index contributed by atoms with van der Waals surface area (Å²) in [5.41, 5.74) is 2.14. The molecule has 1 atom stereocenters. The monoisotopic (exact) mass is 462 g/mol. The number of carbonyl (C=O) groups is 2. The van der Waals surface area contributed by atoms with Crippen molar-refractivity contribution in [1.29, 1.82) is 0 Å². The number of nitrogens with zero attached hydrogens (tertiary/aromatic N) is 4. The minimum absolute atomic E-state index is 0. The number of benzene rings is 2. The van der Waals surface area contributed by atoms with Gasteiger partial charge in [-0.15, -0.1) is 5.10 Å². The lowest BCUT2D eigenvalue weighted by Crippen LogP contribution is -2.49. The van der Waals surface area contributed by atoms with E-state index >= 15 is 0 Å². The molecule has 1 aliphatic heterocycles. The average Bonchev–Trinajstić information content (AvgIpc) is 3.26. The minimum Gasteiger partial charge on any atom is -0.489 e. The minimum atomic E-state index is -0.930. The lowest BCUT2D eigenvalue weighted by molar-refractivity contribution is -0.120. The molecular weight excluding hydrogens is 439 g/mol. The van der Waals surface area contributed by atoms with Crippen LogP contribution in [0.25, 0.3) is 10.9 Å². The number of aromatic amines is 1. The highest BCUT2D eigenvalue weighted by atomic mass is 19.1. The van der Waals surface area contributed by atoms with E-state index in [0.29, 0.717) is 23.7 Å². The van der Waals surface area contributed by atoms with Gasteiger partial charge in [0.2, 0.25) is 5.82 Å². The molecule has 0 saturated heterocycles. The van der Waals surface area contributed by atoms with Gasteiger partial charge in [-0.25, -0.2) is 9.37 Å². The predicted octanol–water partition coefficient (Wildman–Crippen LogP) is 2.87. The van der Waals surface area contributed by atoms with E-state index in [0.717, 1.165) is 16.5 Å². The van der Waals surface area contributed by atoms with Crippen LogP contribution in [0.1, 0.15) is 29.4 Å². The summed E-state index contributed by atoms with van der Waals surface area (Å²) >= 11 is 0. The predicted molar refractivity (Wildman–Crippen MR) is 124 cm³/mol. The molecule has 10 heteroatoms. The van der Waals surface area contributed by atoms with Crippen LogP contribution in [0, 0.1) is 5.82 Å². The zero-order chi connectivity index (χ0) is 22.9. The van der Waals surface area contributed by atoms with Crippen LogP contribution in [0.3, 0.4) is 0 Å². The summed E-state index contributed by atoms with van der Waals surface area (Å²) in [6.45, 7) is -0.0411. The summed E-state index contributed by atoms with van der Waals surface area (Å²) in [6, 6.07) is 12.3. The van der Waals surface area contributed by atoms with Crippen molar-refractivity contribution in [2.24, 2.45) is 0 Å². The Morgan fingerprint density at radius 1 is 1.24 bits per heavy atom. The van der Waals surface area contributed by atoms with Gasteiger partial charge in [0.1, 0.15) is 30.0 Å². The van der Waals surface area contributed by atoms with Crippen molar-refractivity contribution in [3.63, 3.8) is 0 Å². The molecule has 2 aromatic heterocycles. The Labute approximate surface area is 195 Å². The van der Waals surface area contributed by atoms with E-state index in [-0.39, 0.29) is 31.6 Å². The van der Waals surface area contributed by atoms with Crippen molar-refractivity contribution in [2.45, 2.75) is 19.9 Å². The first kappa shape index (κ1) is 22.8. The number of ether oxygens (including phenoxy) is 1. The molecule has 4 aromatic rings. The highest BCUT2D eigenvalue weighted by Gasteiger charge is 2.32. The third-order valence-corrected chi connectivity index (χ3v) is 5.41. The molecule has 0 saturated carbocycles. The topological polar surface area (TPSA) is 113 Å². The van der Waals surface area contributed by atoms with Crippen molar-refractivity contribution < 1.29 is 18.7 Å². The first-order valence-corrected chi connectivity index (χ1v) is 10.2. The second-order valence-electron chi connectivity index (χ2n) is 7.63. The van der Waals surface area contributed by atoms with E-state index in [4.69, 9.17) is 4.74 Å². The molecule has 34 heavy (non-hydrogen) atoms. The first-order valence-electron chi connectivity index (χ1n) is 10.2. The van der Waals surface area contributed by atoms with Gasteiger partial charge >= 0.3 is 0 Å². The maximum atomic E-state index is 13.1. The van der Waals surface area contributed by atoms with Crippen molar-refractivity contribution in [3.05, 3.63) is 77.8 Å². The maximum Gasteiger partial charge on any atom is 0.291 e. The Hall–Kier alpha value is -4.34. The maximum absolute atomic E-state index is 13.1. The highest BCUT2D eigenvalue weighted by Crippen LogP contribution is 2.37. The van der Waals surface area contributed by atoms with Crippen molar-refractivity contribution in [3.8, 4) is 5.75 Å². The molecule has 9 nitrogen and oxygen atoms in total. The van der Waals surface area contributed by atoms with Crippen LogP contribution in [0.5, 0.6) is 5.75 Å². The fraction of sp³-hybridized carbons (Fsp3) is 0.208. The normalized spacial score (nSPS) is 15.2. The molecule has 0 bridgehead atoms. The van der Waals surface area contributed by atoms with E-state index in [1.54, 1.807) is 37.5 Å². The summed E-state index contributed by atoms with van der Waals surface area (Å²) < 4.78 is 18.9. The highest BCUT2D eigenvalue weighted by molar-refractivity contribution is 6.08. The summed E-state index contributed by atoms with van der Waals surface area (Å²) in [6.07, 6.45) is 2.03. The Kier molecular flexibility index (Phi) is 6.22. The molecule has 0 spiro atoms. The van der Waals surface area contributed by atoms with Gasteiger partial charge in [-0.2, -0.15) is 0 Å². The van der Waals surface area contributed by atoms with Crippen molar-refractivity contribution in [1.82, 2.24) is 25.5 Å². The van der Waals surface area contributed by atoms with Gasteiger partial charge in [0.25, 0.3) is 11.8 Å². The Balaban J connectivity index is 0.00000274. The molecular formula is C24H23FN6O3. The number of anilines is 1. The standard InChI is InChI=1S/C23H19FN6O3.CH4/c1-30-20-15-3-2-10-25-16(15)8-9-18(20)33-12-17(23(30)32)26-22(31)21-27-19(28-29-21)11-13-4-6-14(24)7-5-13;/h2-10,17H,11-12H2,1H3,(H,26,31)(H,27,28,29);1H4/t17-;/m0./s1. The third kappa shape index (κ3) is 4.29. The van der Waals surface area contributed by atoms with Gasteiger partial charge in [0, 0.05) is 25.1 Å². The SMILES string of the molecule is C.CN1C(=O)[C@@H](NC(=O)c2n[nH]c(Cc3ccc(F)cc3)n2)COc2ccc3ncccc3c21. The number of hydrogen-bond acceptors (Lipinski definition) is 6. The zero-order valence-corrected chi connectivity index (χ0v) is 17.6. The van der Waals surface area contributed by atoms with E-state index in [1.165, 1.54) is 17.0 Å². The van der Waals surface area contributed by atoms with Gasteiger partial charge in [0.05, 0.1) is 11.2 Å². The quantitative estimate of drug-likeness (QED) is 0.482. The summed E-state index contributed by atoms with van der Waals surface area (Å²) in [5.74, 6) is -0.395. The summed E-state index contributed by atoms with van der Waals surface area (Å²) in [4.78, 5) is 35.8. The van der Waals surface area contributed by atoms with Crippen LogP contribution in [0.4, 0.5) is 10.1 Å². The van der Waals surface area contributed by atoms with Gasteiger partial charge in [-0.3, -0.25) is 19.7 Å². The van der Waals surface area contributed by atoms with Crippen molar-refractivity contribution >= 4 is 28.4 Å². The van der Waals surface area contributed by atoms with E-state index in [1.807, 2.05) is 12.1 Å². The van der Waals surface area contributed by atoms with Gasteiger partial charge in [-0.05, 0) is 42.0 Å². The lowest BCUT2D eigenvalue weighted by atomic mass is 10.1. The number of pyridine rings is 1. The number of halogens is 1. The van der Waals surface area contributed by atoms with Crippen LogP contribution in [0.15, 0.2) is 54.7 Å². The number of nitrogens with one attached hydrogen (secondary N) is 2. The van der Waals surface area contributed by atoms with Crippen LogP contribution in [-0.2, 0) is 11.2 Å². The molecule has 1 aliphatic rings. The summed E-state index contributed by atoms with van der Waals surface area (Å²) in [5, 5.41) is 10.1. The average molecular weight is 462 g/mol. The smallest absolute Gasteiger partial charge is 0.291 e. The lowest BCUT2D eigenvalue weighted by Gasteiger charge is -2.21. The van der Waals surface area contributed by atoms with E-state index < -0.39 is 11.9 Å². The summed E-state index contributed by atoms with van der Waals surface area (Å²) in [7, 11) is 1.63. The number of aromatic nitrogens is 4. The molecule has 0 unspecified atom stereocenters. The van der Waals surface area contributed by atoms with Crippen LogP contribution in [0.2, 0.25) is 0 Å². The largest absolute Gasteiger partial charge is 0.489 e. The molecule has 174 valence electrons. The number of H-pyrrole nitrogens is 1. The van der Waals surface area contributed by atoms with Crippen LogP contribution in [-0.4, -0.2) is 51.7 Å². The molecule has 5 rings (SSSR count). The van der Waals surface area contributed by atoms with Gasteiger partial charge in [-0.1, -0.05) is 19.6 Å². The Morgan fingerprint density at radius 3 is 2.82 bits per heavy atom.